The van der Waals surface area contributed by atoms with E-state index in [9.17, 15) is 18.0 Å². The van der Waals surface area contributed by atoms with E-state index in [1.807, 2.05) is 0 Å². The van der Waals surface area contributed by atoms with Crippen LogP contribution < -0.4 is 10.1 Å². The van der Waals surface area contributed by atoms with Gasteiger partial charge in [0.25, 0.3) is 5.91 Å². The maximum absolute atomic E-state index is 13.7. The first-order chi connectivity index (χ1) is 15.3. The van der Waals surface area contributed by atoms with Crippen LogP contribution in [0.25, 0.3) is 16.9 Å². The second kappa shape index (κ2) is 8.30. The first kappa shape index (κ1) is 21.3. The molecule has 0 bridgehead atoms. The zero-order valence-corrected chi connectivity index (χ0v) is 16.9. The fourth-order valence-corrected chi connectivity index (χ4v) is 3.06. The molecule has 0 atom stereocenters. The minimum absolute atomic E-state index is 0.0370. The van der Waals surface area contributed by atoms with E-state index in [0.29, 0.717) is 21.5 Å². The quantitative estimate of drug-likeness (QED) is 0.487. The van der Waals surface area contributed by atoms with Gasteiger partial charge >= 0.3 is 6.18 Å². The average Bonchev–Trinajstić information content (AvgIpc) is 3.39. The van der Waals surface area contributed by atoms with Crippen molar-refractivity contribution in [2.24, 2.45) is 0 Å². The van der Waals surface area contributed by atoms with E-state index in [1.54, 1.807) is 24.3 Å². The number of hydrogen-bond acceptors (Lipinski definition) is 6. The Morgan fingerprint density at radius 2 is 1.88 bits per heavy atom. The van der Waals surface area contributed by atoms with Gasteiger partial charge < -0.3 is 14.8 Å². The van der Waals surface area contributed by atoms with E-state index in [-0.39, 0.29) is 23.6 Å². The molecule has 3 heterocycles. The van der Waals surface area contributed by atoms with Gasteiger partial charge in [-0.1, -0.05) is 0 Å². The lowest BCUT2D eigenvalue weighted by Crippen LogP contribution is -2.15. The predicted octanol–water partition coefficient (Wildman–Crippen LogP) is 3.48. The van der Waals surface area contributed by atoms with Crippen LogP contribution >= 0.6 is 0 Å². The average molecular weight is 446 g/mol. The van der Waals surface area contributed by atoms with E-state index in [1.165, 1.54) is 31.3 Å². The number of rotatable bonds is 6. The summed E-state index contributed by atoms with van der Waals surface area (Å²) < 4.78 is 53.3. The van der Waals surface area contributed by atoms with Gasteiger partial charge in [0.1, 0.15) is 18.0 Å². The lowest BCUT2D eigenvalue weighted by molar-refractivity contribution is -0.142. The fourth-order valence-electron chi connectivity index (χ4n) is 3.06. The summed E-state index contributed by atoms with van der Waals surface area (Å²) in [6.07, 6.45) is -0.766. The summed E-state index contributed by atoms with van der Waals surface area (Å²) in [5, 5.41) is 10.3. The van der Waals surface area contributed by atoms with Crippen LogP contribution in [-0.2, 0) is 17.6 Å². The van der Waals surface area contributed by atoms with Crippen LogP contribution in [-0.4, -0.2) is 44.5 Å². The molecule has 12 heteroatoms. The molecule has 166 valence electrons. The summed E-state index contributed by atoms with van der Waals surface area (Å²) in [6, 6.07) is 7.26. The van der Waals surface area contributed by atoms with Crippen LogP contribution in [0.1, 0.15) is 16.1 Å². The van der Waals surface area contributed by atoms with E-state index in [0.717, 1.165) is 12.3 Å². The smallest absolute Gasteiger partial charge is 0.433 e. The topological polar surface area (TPSA) is 95.6 Å². The molecular weight excluding hydrogens is 429 g/mol. The van der Waals surface area contributed by atoms with Crippen molar-refractivity contribution in [2.45, 2.75) is 12.9 Å². The standard InChI is InChI=1S/C20H17F3N6O3/c1-31-11-28-10-13(8-24-28)26-19(30)15-9-25-29-17(20(21,22)23)7-16(27-18(15)29)12-3-5-14(32-2)6-4-12/h3-10H,11H2,1-2H3,(H,26,30). The highest BCUT2D eigenvalue weighted by Gasteiger charge is 2.36. The number of ether oxygens (including phenoxy) is 2. The number of hydrogen-bond donors (Lipinski definition) is 1. The summed E-state index contributed by atoms with van der Waals surface area (Å²) in [7, 11) is 2.97. The minimum atomic E-state index is -4.72. The Morgan fingerprint density at radius 3 is 2.53 bits per heavy atom. The lowest BCUT2D eigenvalue weighted by atomic mass is 10.1. The van der Waals surface area contributed by atoms with Crippen LogP contribution in [0.3, 0.4) is 0 Å². The SMILES string of the molecule is COCn1cc(NC(=O)c2cnn3c(C(F)(F)F)cc(-c4ccc(OC)cc4)nc23)cn1. The molecule has 3 aromatic heterocycles. The number of nitrogens with zero attached hydrogens (tertiary/aromatic N) is 5. The molecule has 1 N–H and O–H groups in total. The van der Waals surface area contributed by atoms with Crippen LogP contribution in [0, 0.1) is 0 Å². The second-order valence-corrected chi connectivity index (χ2v) is 6.69. The molecule has 1 amide bonds. The maximum atomic E-state index is 13.7. The number of carbonyl (C=O) groups excluding carboxylic acids is 1. The molecule has 0 aliphatic rings. The Bertz CT molecular complexity index is 1260. The number of methoxy groups -OCH3 is 2. The molecule has 4 rings (SSSR count). The van der Waals surface area contributed by atoms with Crippen molar-refractivity contribution in [3.05, 3.63) is 60.2 Å². The molecule has 0 unspecified atom stereocenters. The number of amides is 1. The van der Waals surface area contributed by atoms with Gasteiger partial charge in [-0.2, -0.15) is 23.4 Å². The van der Waals surface area contributed by atoms with Gasteiger partial charge in [-0.05, 0) is 30.3 Å². The van der Waals surface area contributed by atoms with E-state index < -0.39 is 17.8 Å². The molecule has 0 saturated carbocycles. The number of halogens is 3. The van der Waals surface area contributed by atoms with E-state index >= 15 is 0 Å². The van der Waals surface area contributed by atoms with E-state index in [4.69, 9.17) is 9.47 Å². The van der Waals surface area contributed by atoms with Gasteiger partial charge in [-0.3, -0.25) is 4.79 Å². The van der Waals surface area contributed by atoms with Gasteiger partial charge in [0, 0.05) is 12.7 Å². The number of aromatic nitrogens is 5. The molecule has 4 aromatic rings. The Balaban J connectivity index is 1.77. The number of benzene rings is 1. The first-order valence-electron chi connectivity index (χ1n) is 9.23. The van der Waals surface area contributed by atoms with Crippen LogP contribution in [0.5, 0.6) is 5.75 Å². The predicted molar refractivity (Wildman–Crippen MR) is 107 cm³/mol. The first-order valence-corrected chi connectivity index (χ1v) is 9.23. The van der Waals surface area contributed by atoms with Gasteiger partial charge in [0.2, 0.25) is 0 Å². The van der Waals surface area contributed by atoms with Gasteiger partial charge in [0.15, 0.2) is 11.3 Å². The van der Waals surface area contributed by atoms with Crippen LogP contribution in [0.15, 0.2) is 48.9 Å². The van der Waals surface area contributed by atoms with Crippen molar-refractivity contribution >= 4 is 17.2 Å². The normalized spacial score (nSPS) is 11.7. The summed E-state index contributed by atoms with van der Waals surface area (Å²) in [5.41, 5.74) is -0.603. The summed E-state index contributed by atoms with van der Waals surface area (Å²) >= 11 is 0. The van der Waals surface area contributed by atoms with E-state index in [2.05, 4.69) is 20.5 Å². The van der Waals surface area contributed by atoms with Crippen molar-refractivity contribution in [3.63, 3.8) is 0 Å². The summed E-state index contributed by atoms with van der Waals surface area (Å²) in [6.45, 7) is 0.175. The number of nitrogens with one attached hydrogen (secondary N) is 1. The second-order valence-electron chi connectivity index (χ2n) is 6.69. The highest BCUT2D eigenvalue weighted by molar-refractivity contribution is 6.08. The largest absolute Gasteiger partial charge is 0.497 e. The molecule has 0 aliphatic carbocycles. The highest BCUT2D eigenvalue weighted by atomic mass is 19.4. The van der Waals surface area contributed by atoms with Gasteiger partial charge in [0.05, 0.1) is 37.1 Å². The molecule has 9 nitrogen and oxygen atoms in total. The number of alkyl halides is 3. The lowest BCUT2D eigenvalue weighted by Gasteiger charge is -2.12. The Morgan fingerprint density at radius 1 is 1.12 bits per heavy atom. The Kier molecular flexibility index (Phi) is 5.53. The maximum Gasteiger partial charge on any atom is 0.433 e. The van der Waals surface area contributed by atoms with Crippen molar-refractivity contribution < 1.29 is 27.4 Å². The van der Waals surface area contributed by atoms with Crippen LogP contribution in [0.2, 0.25) is 0 Å². The fraction of sp³-hybridized carbons (Fsp3) is 0.200. The third kappa shape index (κ3) is 4.12. The molecule has 0 saturated heterocycles. The molecule has 1 aromatic carbocycles. The zero-order chi connectivity index (χ0) is 22.9. The van der Waals surface area contributed by atoms with Crippen molar-refractivity contribution in [3.8, 4) is 17.0 Å². The molecular formula is C20H17F3N6O3. The summed E-state index contributed by atoms with van der Waals surface area (Å²) in [4.78, 5) is 17.1. The monoisotopic (exact) mass is 446 g/mol. The van der Waals surface area contributed by atoms with Crippen molar-refractivity contribution in [1.82, 2.24) is 24.4 Å². The molecule has 0 radical (unpaired) electrons. The van der Waals surface area contributed by atoms with Gasteiger partial charge in [-0.25, -0.2) is 14.2 Å². The number of anilines is 1. The van der Waals surface area contributed by atoms with Crippen molar-refractivity contribution in [1.29, 1.82) is 0 Å². The third-order valence-electron chi connectivity index (χ3n) is 4.55. The highest BCUT2D eigenvalue weighted by Crippen LogP contribution is 2.33. The van der Waals surface area contributed by atoms with Crippen molar-refractivity contribution in [2.75, 3.05) is 19.5 Å². The Hall–Kier alpha value is -3.93. The number of fused-ring (bicyclic) bond motifs is 1. The third-order valence-corrected chi connectivity index (χ3v) is 4.55. The Labute approximate surface area is 179 Å². The van der Waals surface area contributed by atoms with Crippen LogP contribution in [0.4, 0.5) is 18.9 Å². The molecule has 0 fully saturated rings. The van der Waals surface area contributed by atoms with Gasteiger partial charge in [-0.15, -0.1) is 0 Å². The molecule has 0 spiro atoms. The zero-order valence-electron chi connectivity index (χ0n) is 16.9. The summed E-state index contributed by atoms with van der Waals surface area (Å²) in [5.74, 6) is -0.131. The molecule has 0 aliphatic heterocycles. The minimum Gasteiger partial charge on any atom is -0.497 e. The number of carbonyl (C=O) groups is 1. The molecule has 32 heavy (non-hydrogen) atoms.